The number of hydrogen-bond donors (Lipinski definition) is 4. The molecule has 0 aliphatic heterocycles. The Balaban J connectivity index is 2.41. The van der Waals surface area contributed by atoms with Gasteiger partial charge in [-0.05, 0) is 20.8 Å². The molecule has 0 spiro atoms. The standard InChI is InChI=1S/C13H22N4O3/c1-13(2,3)16-5-4-11(18)17-10(12(19)20)6-9-7-14-8-15-9/h7-8,10,16H,4-6H2,1-3H3,(H,14,15)(H,17,18)(H,19,20)/t10-/m1/s1. The van der Waals surface area contributed by atoms with E-state index in [1.165, 1.54) is 6.33 Å². The number of imidazole rings is 1. The molecule has 0 aromatic carbocycles. The zero-order valence-electron chi connectivity index (χ0n) is 12.1. The van der Waals surface area contributed by atoms with Crippen molar-refractivity contribution in [3.8, 4) is 0 Å². The smallest absolute Gasteiger partial charge is 0.326 e. The van der Waals surface area contributed by atoms with E-state index in [9.17, 15) is 9.59 Å². The molecule has 0 bridgehead atoms. The van der Waals surface area contributed by atoms with Crippen LogP contribution in [0.4, 0.5) is 0 Å². The average Bonchev–Trinajstić information content (AvgIpc) is 2.79. The van der Waals surface area contributed by atoms with Crippen molar-refractivity contribution in [2.24, 2.45) is 0 Å². The third kappa shape index (κ3) is 6.33. The average molecular weight is 282 g/mol. The van der Waals surface area contributed by atoms with Crippen LogP contribution in [-0.2, 0) is 16.0 Å². The molecule has 0 saturated heterocycles. The van der Waals surface area contributed by atoms with Crippen molar-refractivity contribution in [3.63, 3.8) is 0 Å². The lowest BCUT2D eigenvalue weighted by Crippen LogP contribution is -2.44. The van der Waals surface area contributed by atoms with E-state index in [0.29, 0.717) is 12.2 Å². The Labute approximate surface area is 118 Å². The van der Waals surface area contributed by atoms with Crippen LogP contribution in [0.3, 0.4) is 0 Å². The Morgan fingerprint density at radius 1 is 1.45 bits per heavy atom. The maximum Gasteiger partial charge on any atom is 0.326 e. The van der Waals surface area contributed by atoms with E-state index in [4.69, 9.17) is 5.11 Å². The lowest BCUT2D eigenvalue weighted by atomic mass is 10.1. The van der Waals surface area contributed by atoms with Crippen LogP contribution in [-0.4, -0.2) is 45.1 Å². The molecule has 0 aliphatic rings. The molecular formula is C13H22N4O3. The molecule has 1 heterocycles. The Morgan fingerprint density at radius 2 is 2.15 bits per heavy atom. The number of aliphatic carboxylic acids is 1. The minimum Gasteiger partial charge on any atom is -0.480 e. The molecule has 7 heteroatoms. The lowest BCUT2D eigenvalue weighted by molar-refractivity contribution is -0.141. The first-order valence-electron chi connectivity index (χ1n) is 6.52. The number of H-pyrrole nitrogens is 1. The minimum atomic E-state index is -1.06. The van der Waals surface area contributed by atoms with Gasteiger partial charge in [0.05, 0.1) is 6.33 Å². The molecule has 1 aromatic rings. The zero-order valence-corrected chi connectivity index (χ0v) is 12.1. The summed E-state index contributed by atoms with van der Waals surface area (Å²) >= 11 is 0. The summed E-state index contributed by atoms with van der Waals surface area (Å²) in [5, 5.41) is 14.8. The summed E-state index contributed by atoms with van der Waals surface area (Å²) in [6.07, 6.45) is 3.45. The molecule has 4 N–H and O–H groups in total. The molecule has 0 unspecified atom stereocenters. The van der Waals surface area contributed by atoms with Gasteiger partial charge in [-0.15, -0.1) is 0 Å². The van der Waals surface area contributed by atoms with Crippen LogP contribution < -0.4 is 10.6 Å². The van der Waals surface area contributed by atoms with Crippen LogP contribution in [0.2, 0.25) is 0 Å². The van der Waals surface area contributed by atoms with Gasteiger partial charge < -0.3 is 20.7 Å². The highest BCUT2D eigenvalue weighted by Crippen LogP contribution is 2.00. The third-order valence-electron chi connectivity index (χ3n) is 2.62. The fraction of sp³-hybridized carbons (Fsp3) is 0.615. The van der Waals surface area contributed by atoms with Gasteiger partial charge in [0, 0.05) is 36.8 Å². The minimum absolute atomic E-state index is 0.0671. The molecule has 1 rings (SSSR count). The Bertz CT molecular complexity index is 437. The van der Waals surface area contributed by atoms with Gasteiger partial charge in [-0.2, -0.15) is 0 Å². The molecule has 112 valence electrons. The van der Waals surface area contributed by atoms with Gasteiger partial charge in [0.2, 0.25) is 5.91 Å². The van der Waals surface area contributed by atoms with E-state index < -0.39 is 12.0 Å². The topological polar surface area (TPSA) is 107 Å². The second kappa shape index (κ2) is 7.04. The molecule has 0 aliphatic carbocycles. The number of carboxylic acids is 1. The monoisotopic (exact) mass is 282 g/mol. The molecule has 0 fully saturated rings. The van der Waals surface area contributed by atoms with Crippen LogP contribution in [0.5, 0.6) is 0 Å². The normalized spacial score (nSPS) is 12.9. The molecular weight excluding hydrogens is 260 g/mol. The van der Waals surface area contributed by atoms with E-state index in [1.807, 2.05) is 20.8 Å². The van der Waals surface area contributed by atoms with E-state index in [1.54, 1.807) is 6.20 Å². The van der Waals surface area contributed by atoms with E-state index >= 15 is 0 Å². The summed E-state index contributed by atoms with van der Waals surface area (Å²) in [5.74, 6) is -1.34. The first kappa shape index (κ1) is 16.2. The van der Waals surface area contributed by atoms with Crippen LogP contribution >= 0.6 is 0 Å². The van der Waals surface area contributed by atoms with Crippen molar-refractivity contribution in [2.45, 2.75) is 45.2 Å². The van der Waals surface area contributed by atoms with Crippen molar-refractivity contribution in [2.75, 3.05) is 6.54 Å². The van der Waals surface area contributed by atoms with Gasteiger partial charge in [0.1, 0.15) is 6.04 Å². The van der Waals surface area contributed by atoms with Crippen molar-refractivity contribution < 1.29 is 14.7 Å². The molecule has 1 amide bonds. The summed E-state index contributed by atoms with van der Waals surface area (Å²) in [6.45, 7) is 6.52. The highest BCUT2D eigenvalue weighted by atomic mass is 16.4. The van der Waals surface area contributed by atoms with Crippen molar-refractivity contribution >= 4 is 11.9 Å². The van der Waals surface area contributed by atoms with Crippen molar-refractivity contribution in [1.82, 2.24) is 20.6 Å². The zero-order chi connectivity index (χ0) is 15.2. The number of carbonyl (C=O) groups is 2. The summed E-state index contributed by atoms with van der Waals surface area (Å²) < 4.78 is 0. The van der Waals surface area contributed by atoms with Gasteiger partial charge in [0.25, 0.3) is 0 Å². The number of amides is 1. The number of rotatable bonds is 7. The lowest BCUT2D eigenvalue weighted by Gasteiger charge is -2.20. The number of aromatic nitrogens is 2. The largest absolute Gasteiger partial charge is 0.480 e. The summed E-state index contributed by atoms with van der Waals surface area (Å²) in [4.78, 5) is 29.5. The van der Waals surface area contributed by atoms with Crippen LogP contribution in [0.1, 0.15) is 32.9 Å². The molecule has 7 nitrogen and oxygen atoms in total. The second-order valence-corrected chi connectivity index (χ2v) is 5.67. The molecule has 0 saturated carbocycles. The van der Waals surface area contributed by atoms with Gasteiger partial charge in [0.15, 0.2) is 0 Å². The number of nitrogens with one attached hydrogen (secondary N) is 3. The highest BCUT2D eigenvalue weighted by molar-refractivity contribution is 5.83. The number of aromatic amines is 1. The van der Waals surface area contributed by atoms with Crippen molar-refractivity contribution in [3.05, 3.63) is 18.2 Å². The van der Waals surface area contributed by atoms with Gasteiger partial charge in [-0.1, -0.05) is 0 Å². The summed E-state index contributed by atoms with van der Waals surface area (Å²) in [7, 11) is 0. The first-order chi connectivity index (χ1) is 9.28. The SMILES string of the molecule is CC(C)(C)NCCC(=O)N[C@H](Cc1cnc[nH]1)C(=O)O. The molecule has 1 aromatic heterocycles. The van der Waals surface area contributed by atoms with Gasteiger partial charge in [-0.25, -0.2) is 9.78 Å². The predicted octanol–water partition coefficient (Wildman–Crippen LogP) is 0.300. The van der Waals surface area contributed by atoms with Crippen LogP contribution in [0.25, 0.3) is 0 Å². The van der Waals surface area contributed by atoms with E-state index in [2.05, 4.69) is 20.6 Å². The van der Waals surface area contributed by atoms with Crippen molar-refractivity contribution in [1.29, 1.82) is 0 Å². The van der Waals surface area contributed by atoms with Gasteiger partial charge in [-0.3, -0.25) is 4.79 Å². The number of hydrogen-bond acceptors (Lipinski definition) is 4. The third-order valence-corrected chi connectivity index (χ3v) is 2.62. The summed E-state index contributed by atoms with van der Waals surface area (Å²) in [5.41, 5.74) is 0.605. The quantitative estimate of drug-likeness (QED) is 0.575. The maximum absolute atomic E-state index is 11.7. The van der Waals surface area contributed by atoms with Crippen LogP contribution in [0, 0.1) is 0 Å². The number of carboxylic acid groups (broad SMARTS) is 1. The predicted molar refractivity (Wildman–Crippen MR) is 74.2 cm³/mol. The molecule has 1 atom stereocenters. The molecule has 20 heavy (non-hydrogen) atoms. The fourth-order valence-electron chi connectivity index (χ4n) is 1.63. The van der Waals surface area contributed by atoms with E-state index in [0.717, 1.165) is 0 Å². The Hall–Kier alpha value is -1.89. The second-order valence-electron chi connectivity index (χ2n) is 5.67. The first-order valence-corrected chi connectivity index (χ1v) is 6.52. The number of carbonyl (C=O) groups excluding carboxylic acids is 1. The van der Waals surface area contributed by atoms with Gasteiger partial charge >= 0.3 is 5.97 Å². The van der Waals surface area contributed by atoms with E-state index in [-0.39, 0.29) is 24.3 Å². The Morgan fingerprint density at radius 3 is 2.65 bits per heavy atom. The van der Waals surface area contributed by atoms with Crippen LogP contribution in [0.15, 0.2) is 12.5 Å². The maximum atomic E-state index is 11.7. The Kier molecular flexibility index (Phi) is 5.69. The highest BCUT2D eigenvalue weighted by Gasteiger charge is 2.21. The number of nitrogens with zero attached hydrogens (tertiary/aromatic N) is 1. The molecule has 0 radical (unpaired) electrons. The summed E-state index contributed by atoms with van der Waals surface area (Å²) in [6, 6.07) is -0.947. The fourth-order valence-corrected chi connectivity index (χ4v) is 1.63.